The van der Waals surface area contributed by atoms with E-state index < -0.39 is 0 Å². The van der Waals surface area contributed by atoms with Crippen molar-refractivity contribution in [3.05, 3.63) is 35.4 Å². The van der Waals surface area contributed by atoms with Crippen LogP contribution >= 0.6 is 0 Å². The first kappa shape index (κ1) is 15.5. The van der Waals surface area contributed by atoms with E-state index in [4.69, 9.17) is 0 Å². The molecule has 4 heteroatoms. The molecule has 1 amide bonds. The number of hydrogen-bond acceptors (Lipinski definition) is 3. The maximum Gasteiger partial charge on any atom is 0.217 e. The Morgan fingerprint density at radius 1 is 1.32 bits per heavy atom. The van der Waals surface area contributed by atoms with Gasteiger partial charge in [-0.2, -0.15) is 0 Å². The summed E-state index contributed by atoms with van der Waals surface area (Å²) in [6, 6.07) is 9.95. The molecule has 120 valence electrons. The molecule has 1 saturated carbocycles. The Kier molecular flexibility index (Phi) is 4.24. The van der Waals surface area contributed by atoms with Crippen LogP contribution in [0, 0.1) is 0 Å². The molecule has 1 heterocycles. The van der Waals surface area contributed by atoms with Gasteiger partial charge in [-0.1, -0.05) is 24.3 Å². The Morgan fingerprint density at radius 2 is 2.00 bits per heavy atom. The molecule has 2 aliphatic rings. The number of piperazine rings is 1. The molecule has 1 aromatic rings. The quantitative estimate of drug-likeness (QED) is 0.894. The maximum absolute atomic E-state index is 11.3. The first-order chi connectivity index (χ1) is 10.5. The first-order valence-electron chi connectivity index (χ1n) is 8.34. The highest BCUT2D eigenvalue weighted by Crippen LogP contribution is 2.45. The Balaban J connectivity index is 1.66. The van der Waals surface area contributed by atoms with Gasteiger partial charge in [0.1, 0.15) is 0 Å². The van der Waals surface area contributed by atoms with Crippen molar-refractivity contribution in [2.45, 2.75) is 57.8 Å². The fraction of sp³-hybridized carbons (Fsp3) is 0.611. The van der Waals surface area contributed by atoms with Gasteiger partial charge in [0.15, 0.2) is 0 Å². The lowest BCUT2D eigenvalue weighted by atomic mass is 10.0. The zero-order chi connectivity index (χ0) is 15.7. The lowest BCUT2D eigenvalue weighted by Crippen LogP contribution is -2.53. The molecule has 1 aliphatic heterocycles. The van der Waals surface area contributed by atoms with Crippen LogP contribution in [-0.2, 0) is 16.9 Å². The van der Waals surface area contributed by atoms with Crippen LogP contribution in [0.2, 0.25) is 0 Å². The molecule has 1 aromatic carbocycles. The zero-order valence-corrected chi connectivity index (χ0v) is 13.9. The van der Waals surface area contributed by atoms with Crippen molar-refractivity contribution in [3.63, 3.8) is 0 Å². The van der Waals surface area contributed by atoms with Gasteiger partial charge >= 0.3 is 0 Å². The van der Waals surface area contributed by atoms with Gasteiger partial charge in [-0.15, -0.1) is 0 Å². The Bertz CT molecular complexity index is 536. The van der Waals surface area contributed by atoms with Crippen LogP contribution in [-0.4, -0.2) is 36.0 Å². The average Bonchev–Trinajstić information content (AvgIpc) is 3.23. The Hall–Kier alpha value is -1.39. The smallest absolute Gasteiger partial charge is 0.217 e. The number of benzene rings is 1. The number of nitrogens with one attached hydrogen (secondary N) is 2. The SMILES string of the molecule is CC(=O)NC1(c2ccc(CN3CC(C)NCC3C)cc2)CC1. The van der Waals surface area contributed by atoms with Gasteiger partial charge in [-0.3, -0.25) is 9.69 Å². The molecule has 2 atom stereocenters. The van der Waals surface area contributed by atoms with Crippen LogP contribution in [0.5, 0.6) is 0 Å². The molecule has 1 aliphatic carbocycles. The van der Waals surface area contributed by atoms with E-state index in [0.717, 1.165) is 32.5 Å². The van der Waals surface area contributed by atoms with Crippen molar-refractivity contribution in [1.29, 1.82) is 0 Å². The summed E-state index contributed by atoms with van der Waals surface area (Å²) >= 11 is 0. The predicted octanol–water partition coefficient (Wildman–Crippen LogP) is 1.99. The summed E-state index contributed by atoms with van der Waals surface area (Å²) < 4.78 is 0. The van der Waals surface area contributed by atoms with E-state index in [9.17, 15) is 4.79 Å². The highest BCUT2D eigenvalue weighted by Gasteiger charge is 2.44. The molecule has 0 bridgehead atoms. The number of amides is 1. The van der Waals surface area contributed by atoms with Crippen LogP contribution in [0.4, 0.5) is 0 Å². The van der Waals surface area contributed by atoms with Crippen molar-refractivity contribution in [2.75, 3.05) is 13.1 Å². The standard InChI is InChI=1S/C18H27N3O/c1-13-11-21(14(2)10-19-13)12-16-4-6-17(7-5-16)18(8-9-18)20-15(3)22/h4-7,13-14,19H,8-12H2,1-3H3,(H,20,22). The van der Waals surface area contributed by atoms with Crippen LogP contribution in [0.3, 0.4) is 0 Å². The van der Waals surface area contributed by atoms with Crippen molar-refractivity contribution < 1.29 is 4.79 Å². The molecule has 2 fully saturated rings. The maximum atomic E-state index is 11.3. The highest BCUT2D eigenvalue weighted by atomic mass is 16.1. The normalized spacial score (nSPS) is 27.4. The summed E-state index contributed by atoms with van der Waals surface area (Å²) in [4.78, 5) is 13.9. The van der Waals surface area contributed by atoms with E-state index in [1.54, 1.807) is 6.92 Å². The molecule has 3 rings (SSSR count). The topological polar surface area (TPSA) is 44.4 Å². The van der Waals surface area contributed by atoms with E-state index in [-0.39, 0.29) is 11.4 Å². The second kappa shape index (κ2) is 6.01. The summed E-state index contributed by atoms with van der Waals surface area (Å²) in [6.07, 6.45) is 2.11. The fourth-order valence-electron chi connectivity index (χ4n) is 3.43. The monoisotopic (exact) mass is 301 g/mol. The van der Waals surface area contributed by atoms with Crippen molar-refractivity contribution >= 4 is 5.91 Å². The van der Waals surface area contributed by atoms with E-state index in [1.807, 2.05) is 0 Å². The van der Waals surface area contributed by atoms with Gasteiger partial charge in [0.25, 0.3) is 0 Å². The predicted molar refractivity (Wildman–Crippen MR) is 88.5 cm³/mol. The van der Waals surface area contributed by atoms with Gasteiger partial charge in [-0.25, -0.2) is 0 Å². The fourth-order valence-corrected chi connectivity index (χ4v) is 3.43. The molecule has 0 radical (unpaired) electrons. The van der Waals surface area contributed by atoms with E-state index in [2.05, 4.69) is 53.6 Å². The third-order valence-corrected chi connectivity index (χ3v) is 4.95. The van der Waals surface area contributed by atoms with Crippen LogP contribution in [0.15, 0.2) is 24.3 Å². The number of carbonyl (C=O) groups excluding carboxylic acids is 1. The number of nitrogens with zero attached hydrogens (tertiary/aromatic N) is 1. The summed E-state index contributed by atoms with van der Waals surface area (Å²) in [7, 11) is 0. The molecule has 4 nitrogen and oxygen atoms in total. The summed E-state index contributed by atoms with van der Waals surface area (Å²) in [5.74, 6) is 0.0604. The van der Waals surface area contributed by atoms with Crippen LogP contribution in [0.25, 0.3) is 0 Å². The van der Waals surface area contributed by atoms with Gasteiger partial charge in [0.05, 0.1) is 5.54 Å². The summed E-state index contributed by atoms with van der Waals surface area (Å²) in [5.41, 5.74) is 2.51. The van der Waals surface area contributed by atoms with Crippen molar-refractivity contribution in [2.24, 2.45) is 0 Å². The van der Waals surface area contributed by atoms with Gasteiger partial charge in [0, 0.05) is 38.6 Å². The van der Waals surface area contributed by atoms with Crippen molar-refractivity contribution in [1.82, 2.24) is 15.5 Å². The average molecular weight is 301 g/mol. The largest absolute Gasteiger partial charge is 0.347 e. The second-order valence-electron chi connectivity index (χ2n) is 7.05. The number of rotatable bonds is 4. The minimum atomic E-state index is -0.0821. The van der Waals surface area contributed by atoms with Gasteiger partial charge in [0.2, 0.25) is 5.91 Å². The Morgan fingerprint density at radius 3 is 2.59 bits per heavy atom. The third kappa shape index (κ3) is 3.33. The number of carbonyl (C=O) groups is 1. The molecular formula is C18H27N3O. The third-order valence-electron chi connectivity index (χ3n) is 4.95. The first-order valence-corrected chi connectivity index (χ1v) is 8.34. The van der Waals surface area contributed by atoms with E-state index in [0.29, 0.717) is 12.1 Å². The minimum Gasteiger partial charge on any atom is -0.347 e. The van der Waals surface area contributed by atoms with Crippen molar-refractivity contribution in [3.8, 4) is 0 Å². The molecule has 2 N–H and O–H groups in total. The zero-order valence-electron chi connectivity index (χ0n) is 13.9. The lowest BCUT2D eigenvalue weighted by molar-refractivity contribution is -0.120. The van der Waals surface area contributed by atoms with E-state index >= 15 is 0 Å². The molecule has 22 heavy (non-hydrogen) atoms. The molecule has 1 saturated heterocycles. The number of hydrogen-bond donors (Lipinski definition) is 2. The molecule has 0 aromatic heterocycles. The second-order valence-corrected chi connectivity index (χ2v) is 7.05. The summed E-state index contributed by atoms with van der Waals surface area (Å²) in [6.45, 7) is 9.28. The van der Waals surface area contributed by atoms with E-state index in [1.165, 1.54) is 11.1 Å². The van der Waals surface area contributed by atoms with Gasteiger partial charge < -0.3 is 10.6 Å². The van der Waals surface area contributed by atoms with Crippen LogP contribution in [0.1, 0.15) is 44.7 Å². The van der Waals surface area contributed by atoms with Crippen LogP contribution < -0.4 is 10.6 Å². The lowest BCUT2D eigenvalue weighted by Gasteiger charge is -2.37. The minimum absolute atomic E-state index is 0.0604. The molecule has 2 unspecified atom stereocenters. The molecule has 0 spiro atoms. The van der Waals surface area contributed by atoms with Gasteiger partial charge in [-0.05, 0) is 37.8 Å². The highest BCUT2D eigenvalue weighted by molar-refractivity contribution is 5.74. The molecular weight excluding hydrogens is 274 g/mol. The summed E-state index contributed by atoms with van der Waals surface area (Å²) in [5, 5.41) is 6.62. The Labute approximate surface area is 133 Å².